The highest BCUT2D eigenvalue weighted by atomic mass is 16.6. The number of carbonyl (C=O) groups excluding carboxylic acids is 1. The molecule has 0 amide bonds. The van der Waals surface area contributed by atoms with Gasteiger partial charge in [0.25, 0.3) is 0 Å². The number of carbonyl (C=O) groups is 2. The normalized spacial score (nSPS) is 19.2. The number of ether oxygens (including phenoxy) is 2. The molecule has 0 aromatic carbocycles. The Morgan fingerprint density at radius 1 is 1.38 bits per heavy atom. The molecule has 0 radical (unpaired) electrons. The fraction of sp³-hybridized carbons (Fsp3) is 0.818. The minimum atomic E-state index is -0.833. The summed E-state index contributed by atoms with van der Waals surface area (Å²) in [6, 6.07) is 0. The molecular weight excluding hydrogens is 212 g/mol. The zero-order chi connectivity index (χ0) is 12.2. The molecule has 92 valence electrons. The summed E-state index contributed by atoms with van der Waals surface area (Å²) in [6.45, 7) is 4.28. The number of hydrogen-bond donors (Lipinski definition) is 1. The lowest BCUT2D eigenvalue weighted by atomic mass is 10.1. The molecular formula is C11H18O5. The third-order valence-corrected chi connectivity index (χ3v) is 2.51. The number of hydrogen-bond acceptors (Lipinski definition) is 4. The highest BCUT2D eigenvalue weighted by molar-refractivity contribution is 5.70. The second-order valence-electron chi connectivity index (χ2n) is 4.50. The topological polar surface area (TPSA) is 76.1 Å². The van der Waals surface area contributed by atoms with Crippen molar-refractivity contribution in [1.82, 2.24) is 0 Å². The van der Waals surface area contributed by atoms with Gasteiger partial charge in [-0.15, -0.1) is 0 Å². The van der Waals surface area contributed by atoms with Crippen molar-refractivity contribution >= 4 is 11.9 Å². The van der Waals surface area contributed by atoms with Gasteiger partial charge in [-0.05, 0) is 26.7 Å². The van der Waals surface area contributed by atoms with Crippen LogP contribution in [0, 0.1) is 0 Å². The van der Waals surface area contributed by atoms with Crippen molar-refractivity contribution in [2.45, 2.75) is 51.2 Å². The number of unbranched alkanes of at least 4 members (excludes halogenated alkanes) is 1. The molecule has 5 heteroatoms. The summed E-state index contributed by atoms with van der Waals surface area (Å²) in [5.41, 5.74) is -0.566. The number of esters is 1. The van der Waals surface area contributed by atoms with Crippen LogP contribution in [-0.2, 0) is 19.1 Å². The average molecular weight is 230 g/mol. The fourth-order valence-electron chi connectivity index (χ4n) is 1.41. The largest absolute Gasteiger partial charge is 0.481 e. The summed E-state index contributed by atoms with van der Waals surface area (Å²) in [4.78, 5) is 21.6. The SMILES string of the molecule is CC(C)(OC(=O)CCCCC(=O)O)C1CO1. The van der Waals surface area contributed by atoms with Gasteiger partial charge in [-0.1, -0.05) is 0 Å². The van der Waals surface area contributed by atoms with Gasteiger partial charge in [0.15, 0.2) is 0 Å². The maximum atomic E-state index is 11.4. The van der Waals surface area contributed by atoms with Gasteiger partial charge in [-0.2, -0.15) is 0 Å². The van der Waals surface area contributed by atoms with Crippen LogP contribution in [0.2, 0.25) is 0 Å². The summed E-state index contributed by atoms with van der Waals surface area (Å²) in [5.74, 6) is -1.12. The van der Waals surface area contributed by atoms with Gasteiger partial charge in [-0.25, -0.2) is 0 Å². The Hall–Kier alpha value is -1.10. The molecule has 1 saturated heterocycles. The van der Waals surface area contributed by atoms with Crippen molar-refractivity contribution in [1.29, 1.82) is 0 Å². The van der Waals surface area contributed by atoms with Crippen LogP contribution in [0.1, 0.15) is 39.5 Å². The first-order valence-electron chi connectivity index (χ1n) is 5.47. The van der Waals surface area contributed by atoms with E-state index in [1.165, 1.54) is 0 Å². The molecule has 1 N–H and O–H groups in total. The minimum absolute atomic E-state index is 0.00969. The summed E-state index contributed by atoms with van der Waals surface area (Å²) in [5, 5.41) is 8.41. The van der Waals surface area contributed by atoms with E-state index in [4.69, 9.17) is 14.6 Å². The molecule has 0 spiro atoms. The van der Waals surface area contributed by atoms with E-state index in [-0.39, 0.29) is 24.9 Å². The van der Waals surface area contributed by atoms with E-state index in [9.17, 15) is 9.59 Å². The number of carboxylic acids is 1. The predicted octanol–water partition coefficient (Wildman–Crippen LogP) is 1.35. The van der Waals surface area contributed by atoms with Crippen LogP contribution in [0.4, 0.5) is 0 Å². The van der Waals surface area contributed by atoms with Crippen LogP contribution < -0.4 is 0 Å². The summed E-state index contributed by atoms with van der Waals surface area (Å²) >= 11 is 0. The number of carboxylic acid groups (broad SMARTS) is 1. The van der Waals surface area contributed by atoms with Crippen molar-refractivity contribution < 1.29 is 24.2 Å². The van der Waals surface area contributed by atoms with Crippen molar-refractivity contribution in [3.05, 3.63) is 0 Å². The second kappa shape index (κ2) is 5.30. The van der Waals surface area contributed by atoms with Crippen LogP contribution in [-0.4, -0.2) is 35.4 Å². The molecule has 1 fully saturated rings. The molecule has 1 heterocycles. The smallest absolute Gasteiger partial charge is 0.306 e. The van der Waals surface area contributed by atoms with Crippen LogP contribution in [0.25, 0.3) is 0 Å². The molecule has 1 aliphatic rings. The fourth-order valence-corrected chi connectivity index (χ4v) is 1.41. The van der Waals surface area contributed by atoms with Crippen LogP contribution >= 0.6 is 0 Å². The zero-order valence-electron chi connectivity index (χ0n) is 9.69. The molecule has 0 saturated carbocycles. The third-order valence-electron chi connectivity index (χ3n) is 2.51. The van der Waals surface area contributed by atoms with Crippen LogP contribution in [0.3, 0.4) is 0 Å². The monoisotopic (exact) mass is 230 g/mol. The minimum Gasteiger partial charge on any atom is -0.481 e. The Morgan fingerprint density at radius 2 is 1.94 bits per heavy atom. The number of epoxide rings is 1. The lowest BCUT2D eigenvalue weighted by Gasteiger charge is -2.22. The predicted molar refractivity (Wildman–Crippen MR) is 56.0 cm³/mol. The summed E-state index contributed by atoms with van der Waals surface area (Å²) in [6.07, 6.45) is 1.43. The average Bonchev–Trinajstić information content (AvgIpc) is 2.94. The Balaban J connectivity index is 2.13. The molecule has 1 unspecified atom stereocenters. The molecule has 16 heavy (non-hydrogen) atoms. The van der Waals surface area contributed by atoms with Gasteiger partial charge in [0, 0.05) is 12.8 Å². The van der Waals surface area contributed by atoms with Gasteiger partial charge in [0.2, 0.25) is 0 Å². The molecule has 1 aliphatic heterocycles. The molecule has 0 aromatic heterocycles. The summed E-state index contributed by atoms with van der Waals surface area (Å²) in [7, 11) is 0. The Bertz CT molecular complexity index is 268. The van der Waals surface area contributed by atoms with E-state index >= 15 is 0 Å². The maximum absolute atomic E-state index is 11.4. The maximum Gasteiger partial charge on any atom is 0.306 e. The second-order valence-corrected chi connectivity index (χ2v) is 4.50. The van der Waals surface area contributed by atoms with Gasteiger partial charge in [0.05, 0.1) is 6.61 Å². The van der Waals surface area contributed by atoms with Gasteiger partial charge >= 0.3 is 11.9 Å². The summed E-state index contributed by atoms with van der Waals surface area (Å²) < 4.78 is 10.3. The van der Waals surface area contributed by atoms with Crippen molar-refractivity contribution in [2.24, 2.45) is 0 Å². The first-order valence-corrected chi connectivity index (χ1v) is 5.47. The Morgan fingerprint density at radius 3 is 2.44 bits per heavy atom. The highest BCUT2D eigenvalue weighted by Crippen LogP contribution is 2.27. The van der Waals surface area contributed by atoms with Crippen molar-refractivity contribution in [2.75, 3.05) is 6.61 Å². The lowest BCUT2D eigenvalue weighted by molar-refractivity contribution is -0.158. The van der Waals surface area contributed by atoms with E-state index in [2.05, 4.69) is 0 Å². The number of aliphatic carboxylic acids is 1. The van der Waals surface area contributed by atoms with Crippen molar-refractivity contribution in [3.63, 3.8) is 0 Å². The van der Waals surface area contributed by atoms with Gasteiger partial charge in [-0.3, -0.25) is 9.59 Å². The zero-order valence-corrected chi connectivity index (χ0v) is 9.69. The van der Waals surface area contributed by atoms with E-state index in [1.807, 2.05) is 13.8 Å². The van der Waals surface area contributed by atoms with E-state index in [0.29, 0.717) is 19.4 Å². The quantitative estimate of drug-likeness (QED) is 0.406. The molecule has 5 nitrogen and oxygen atoms in total. The third kappa shape index (κ3) is 4.61. The number of rotatable bonds is 7. The molecule has 0 aliphatic carbocycles. The molecule has 0 aromatic rings. The van der Waals surface area contributed by atoms with E-state index in [1.54, 1.807) is 0 Å². The van der Waals surface area contributed by atoms with Gasteiger partial charge < -0.3 is 14.6 Å². The Labute approximate surface area is 94.7 Å². The Kier molecular flexibility index (Phi) is 4.29. The van der Waals surface area contributed by atoms with E-state index in [0.717, 1.165) is 0 Å². The standard InChI is InChI=1S/C11H18O5/c1-11(2,8-7-15-8)16-10(14)6-4-3-5-9(12)13/h8H,3-7H2,1-2H3,(H,12,13). The molecule has 1 atom stereocenters. The van der Waals surface area contributed by atoms with Gasteiger partial charge in [0.1, 0.15) is 11.7 Å². The highest BCUT2D eigenvalue weighted by Gasteiger charge is 2.42. The van der Waals surface area contributed by atoms with Crippen LogP contribution in [0.15, 0.2) is 0 Å². The van der Waals surface area contributed by atoms with Crippen molar-refractivity contribution in [3.8, 4) is 0 Å². The first-order chi connectivity index (χ1) is 7.42. The molecule has 1 rings (SSSR count). The first kappa shape index (κ1) is 13.0. The lowest BCUT2D eigenvalue weighted by Crippen LogP contribution is -2.34. The van der Waals surface area contributed by atoms with E-state index < -0.39 is 11.6 Å². The molecule has 0 bridgehead atoms. The van der Waals surface area contributed by atoms with Crippen LogP contribution in [0.5, 0.6) is 0 Å².